The van der Waals surface area contributed by atoms with Crippen LogP contribution in [-0.4, -0.2) is 51.1 Å². The Labute approximate surface area is 121 Å². The second kappa shape index (κ2) is 5.35. The highest BCUT2D eigenvalue weighted by Gasteiger charge is 2.30. The van der Waals surface area contributed by atoms with E-state index < -0.39 is 6.04 Å². The normalized spacial score (nSPS) is 18.0. The van der Waals surface area contributed by atoms with Crippen LogP contribution in [0.2, 0.25) is 0 Å². The Morgan fingerprint density at radius 1 is 1.29 bits per heavy atom. The van der Waals surface area contributed by atoms with Gasteiger partial charge < -0.3 is 10.2 Å². The molecule has 1 aromatic carbocycles. The first-order chi connectivity index (χ1) is 10.2. The molecule has 1 unspecified atom stereocenters. The first-order valence-corrected chi connectivity index (χ1v) is 6.66. The van der Waals surface area contributed by atoms with Crippen molar-refractivity contribution in [3.05, 3.63) is 42.5 Å². The van der Waals surface area contributed by atoms with Crippen LogP contribution in [0.25, 0.3) is 5.69 Å². The molecule has 108 valence electrons. The summed E-state index contributed by atoms with van der Waals surface area (Å²) < 4.78 is 1.66. The predicted molar refractivity (Wildman–Crippen MR) is 74.9 cm³/mol. The van der Waals surface area contributed by atoms with Crippen molar-refractivity contribution in [1.82, 2.24) is 25.0 Å². The summed E-state index contributed by atoms with van der Waals surface area (Å²) in [6.07, 6.45) is 3.69. The SMILES string of the molecule is CN1CCC(NC(=O)c2ccccc2-n2cnnc2)C1=O. The zero-order valence-electron chi connectivity index (χ0n) is 11.6. The number of nitrogens with one attached hydrogen (secondary N) is 1. The summed E-state index contributed by atoms with van der Waals surface area (Å²) in [5, 5.41) is 10.3. The molecule has 21 heavy (non-hydrogen) atoms. The lowest BCUT2D eigenvalue weighted by Gasteiger charge is -2.14. The molecule has 1 aliphatic heterocycles. The highest BCUT2D eigenvalue weighted by molar-refractivity contribution is 6.00. The molecule has 7 heteroatoms. The van der Waals surface area contributed by atoms with Crippen molar-refractivity contribution < 1.29 is 9.59 Å². The van der Waals surface area contributed by atoms with Crippen molar-refractivity contribution in [2.75, 3.05) is 13.6 Å². The van der Waals surface area contributed by atoms with Gasteiger partial charge in [0.05, 0.1) is 11.3 Å². The molecule has 1 aliphatic rings. The number of likely N-dealkylation sites (N-methyl/N-ethyl adjacent to an activating group) is 1. The third-order valence-electron chi connectivity index (χ3n) is 3.58. The third-order valence-corrected chi connectivity index (χ3v) is 3.58. The van der Waals surface area contributed by atoms with E-state index in [1.54, 1.807) is 34.7 Å². The summed E-state index contributed by atoms with van der Waals surface area (Å²) in [6, 6.07) is 6.69. The number of amides is 2. The largest absolute Gasteiger partial charge is 0.344 e. The minimum absolute atomic E-state index is 0.0508. The van der Waals surface area contributed by atoms with E-state index in [2.05, 4.69) is 15.5 Å². The van der Waals surface area contributed by atoms with Gasteiger partial charge in [0.25, 0.3) is 5.91 Å². The molecule has 3 rings (SSSR count). The van der Waals surface area contributed by atoms with E-state index in [0.717, 1.165) is 0 Å². The van der Waals surface area contributed by atoms with E-state index in [4.69, 9.17) is 0 Å². The topological polar surface area (TPSA) is 80.1 Å². The van der Waals surface area contributed by atoms with Gasteiger partial charge >= 0.3 is 0 Å². The van der Waals surface area contributed by atoms with Crippen LogP contribution >= 0.6 is 0 Å². The molecular formula is C14H15N5O2. The fourth-order valence-electron chi connectivity index (χ4n) is 2.41. The quantitative estimate of drug-likeness (QED) is 0.875. The van der Waals surface area contributed by atoms with Crippen molar-refractivity contribution in [3.8, 4) is 5.69 Å². The van der Waals surface area contributed by atoms with Gasteiger partial charge in [0.1, 0.15) is 18.7 Å². The Morgan fingerprint density at radius 3 is 2.67 bits per heavy atom. The Morgan fingerprint density at radius 2 is 2.00 bits per heavy atom. The Kier molecular flexibility index (Phi) is 3.39. The molecule has 0 spiro atoms. The molecule has 0 radical (unpaired) electrons. The molecule has 0 aliphatic carbocycles. The average Bonchev–Trinajstić information content (AvgIpc) is 3.13. The number of nitrogens with zero attached hydrogens (tertiary/aromatic N) is 4. The standard InChI is InChI=1S/C14H15N5O2/c1-18-7-6-11(14(18)21)17-13(20)10-4-2-3-5-12(10)19-8-15-16-9-19/h2-5,8-9,11H,6-7H2,1H3,(H,17,20). The van der Waals surface area contributed by atoms with Crippen LogP contribution in [0, 0.1) is 0 Å². The maximum Gasteiger partial charge on any atom is 0.254 e. The van der Waals surface area contributed by atoms with Gasteiger partial charge in [-0.15, -0.1) is 10.2 Å². The molecule has 2 heterocycles. The third kappa shape index (κ3) is 2.49. The first kappa shape index (κ1) is 13.3. The van der Waals surface area contributed by atoms with E-state index in [9.17, 15) is 9.59 Å². The molecule has 7 nitrogen and oxygen atoms in total. The van der Waals surface area contributed by atoms with Crippen LogP contribution in [0.1, 0.15) is 16.8 Å². The predicted octanol–water partition coefficient (Wildman–Crippen LogP) is 0.228. The molecule has 2 aromatic rings. The second-order valence-electron chi connectivity index (χ2n) is 4.96. The average molecular weight is 285 g/mol. The van der Waals surface area contributed by atoms with Crippen LogP contribution in [0.15, 0.2) is 36.9 Å². The number of aromatic nitrogens is 3. The summed E-state index contributed by atoms with van der Waals surface area (Å²) in [7, 11) is 1.74. The fourth-order valence-corrected chi connectivity index (χ4v) is 2.41. The van der Waals surface area contributed by atoms with Gasteiger partial charge in [0, 0.05) is 13.6 Å². The first-order valence-electron chi connectivity index (χ1n) is 6.66. The molecule has 2 amide bonds. The Bertz CT molecular complexity index is 668. The number of carbonyl (C=O) groups is 2. The number of hydrogen-bond donors (Lipinski definition) is 1. The zero-order chi connectivity index (χ0) is 14.8. The van der Waals surface area contributed by atoms with Gasteiger partial charge in [-0.05, 0) is 18.6 Å². The van der Waals surface area contributed by atoms with Gasteiger partial charge in [0.2, 0.25) is 5.91 Å². The molecule has 1 fully saturated rings. The molecule has 1 aromatic heterocycles. The number of likely N-dealkylation sites (tertiary alicyclic amines) is 1. The van der Waals surface area contributed by atoms with Crippen LogP contribution in [0.3, 0.4) is 0 Å². The van der Waals surface area contributed by atoms with Gasteiger partial charge in [0.15, 0.2) is 0 Å². The lowest BCUT2D eigenvalue weighted by molar-refractivity contribution is -0.128. The number of benzene rings is 1. The summed E-state index contributed by atoms with van der Waals surface area (Å²) in [4.78, 5) is 25.9. The highest BCUT2D eigenvalue weighted by Crippen LogP contribution is 2.15. The number of carbonyl (C=O) groups excluding carboxylic acids is 2. The Hall–Kier alpha value is -2.70. The van der Waals surface area contributed by atoms with Crippen LogP contribution in [0.5, 0.6) is 0 Å². The van der Waals surface area contributed by atoms with Crippen LogP contribution in [-0.2, 0) is 4.79 Å². The summed E-state index contributed by atoms with van der Waals surface area (Å²) in [6.45, 7) is 0.664. The van der Waals surface area contributed by atoms with Crippen molar-refractivity contribution in [2.24, 2.45) is 0 Å². The van der Waals surface area contributed by atoms with Crippen molar-refractivity contribution in [1.29, 1.82) is 0 Å². The fraction of sp³-hybridized carbons (Fsp3) is 0.286. The van der Waals surface area contributed by atoms with E-state index in [1.807, 2.05) is 6.07 Å². The summed E-state index contributed by atoms with van der Waals surface area (Å²) >= 11 is 0. The maximum absolute atomic E-state index is 12.4. The van der Waals surface area contributed by atoms with Crippen molar-refractivity contribution >= 4 is 11.8 Å². The molecule has 0 bridgehead atoms. The second-order valence-corrected chi connectivity index (χ2v) is 4.96. The molecule has 1 N–H and O–H groups in total. The molecular weight excluding hydrogens is 270 g/mol. The number of para-hydroxylation sites is 1. The monoisotopic (exact) mass is 285 g/mol. The van der Waals surface area contributed by atoms with E-state index in [0.29, 0.717) is 24.2 Å². The lowest BCUT2D eigenvalue weighted by atomic mass is 10.1. The summed E-state index contributed by atoms with van der Waals surface area (Å²) in [5.41, 5.74) is 1.17. The van der Waals surface area contributed by atoms with E-state index in [1.165, 1.54) is 12.7 Å². The lowest BCUT2D eigenvalue weighted by Crippen LogP contribution is -2.40. The van der Waals surface area contributed by atoms with Gasteiger partial charge in [-0.3, -0.25) is 14.2 Å². The zero-order valence-corrected chi connectivity index (χ0v) is 11.6. The van der Waals surface area contributed by atoms with Gasteiger partial charge in [-0.2, -0.15) is 0 Å². The molecule has 1 atom stereocenters. The Balaban J connectivity index is 1.84. The van der Waals surface area contributed by atoms with Crippen molar-refractivity contribution in [2.45, 2.75) is 12.5 Å². The number of hydrogen-bond acceptors (Lipinski definition) is 4. The minimum Gasteiger partial charge on any atom is -0.344 e. The highest BCUT2D eigenvalue weighted by atomic mass is 16.2. The van der Waals surface area contributed by atoms with E-state index in [-0.39, 0.29) is 11.8 Å². The van der Waals surface area contributed by atoms with Crippen molar-refractivity contribution in [3.63, 3.8) is 0 Å². The minimum atomic E-state index is -0.448. The maximum atomic E-state index is 12.4. The van der Waals surface area contributed by atoms with E-state index >= 15 is 0 Å². The van der Waals surface area contributed by atoms with Crippen LogP contribution < -0.4 is 5.32 Å². The smallest absolute Gasteiger partial charge is 0.254 e. The van der Waals surface area contributed by atoms with Gasteiger partial charge in [-0.25, -0.2) is 0 Å². The molecule has 1 saturated heterocycles. The van der Waals surface area contributed by atoms with Crippen LogP contribution in [0.4, 0.5) is 0 Å². The van der Waals surface area contributed by atoms with Gasteiger partial charge in [-0.1, -0.05) is 12.1 Å². The number of rotatable bonds is 3. The summed E-state index contributed by atoms with van der Waals surface area (Å²) in [5.74, 6) is -0.321. The molecule has 0 saturated carbocycles.